The fourth-order valence-corrected chi connectivity index (χ4v) is 6.72. The lowest BCUT2D eigenvalue weighted by atomic mass is 9.98. The molecule has 0 unspecified atom stereocenters. The first-order chi connectivity index (χ1) is 19.3. The Labute approximate surface area is 234 Å². The van der Waals surface area contributed by atoms with E-state index in [9.17, 15) is 18.0 Å². The summed E-state index contributed by atoms with van der Waals surface area (Å²) in [5, 5.41) is 2.96. The molecule has 2 heterocycles. The molecule has 0 aromatic heterocycles. The molecule has 3 aromatic carbocycles. The minimum absolute atomic E-state index is 0.106. The zero-order valence-corrected chi connectivity index (χ0v) is 23.4. The Bertz CT molecular complexity index is 1490. The summed E-state index contributed by atoms with van der Waals surface area (Å²) >= 11 is 0. The Morgan fingerprint density at radius 2 is 1.70 bits per heavy atom. The molecular weight excluding hydrogens is 530 g/mol. The molecule has 1 N–H and O–H groups in total. The van der Waals surface area contributed by atoms with Crippen molar-refractivity contribution in [3.05, 3.63) is 77.9 Å². The van der Waals surface area contributed by atoms with Gasteiger partial charge in [0.25, 0.3) is 5.91 Å². The average Bonchev–Trinajstić information content (AvgIpc) is 3.40. The van der Waals surface area contributed by atoms with Crippen molar-refractivity contribution in [2.45, 2.75) is 31.1 Å². The number of fused-ring (bicyclic) bond motifs is 1. The van der Waals surface area contributed by atoms with E-state index < -0.39 is 15.9 Å². The molecule has 9 nitrogen and oxygen atoms in total. The molecule has 0 radical (unpaired) electrons. The van der Waals surface area contributed by atoms with Crippen LogP contribution >= 0.6 is 0 Å². The molecule has 0 bridgehead atoms. The molecule has 1 atom stereocenters. The van der Waals surface area contributed by atoms with E-state index in [2.05, 4.69) is 5.32 Å². The number of carbonyl (C=O) groups is 2. The second-order valence-corrected chi connectivity index (χ2v) is 11.8. The summed E-state index contributed by atoms with van der Waals surface area (Å²) in [4.78, 5) is 28.4. The first kappa shape index (κ1) is 27.7. The van der Waals surface area contributed by atoms with Crippen LogP contribution in [0.1, 0.15) is 35.7 Å². The Kier molecular flexibility index (Phi) is 8.09. The number of carbonyl (C=O) groups excluding carboxylic acids is 2. The van der Waals surface area contributed by atoms with Crippen molar-refractivity contribution in [2.75, 3.05) is 43.6 Å². The highest BCUT2D eigenvalue weighted by Crippen LogP contribution is 2.33. The highest BCUT2D eigenvalue weighted by Gasteiger charge is 2.34. The Morgan fingerprint density at radius 3 is 2.40 bits per heavy atom. The van der Waals surface area contributed by atoms with Crippen LogP contribution in [-0.4, -0.2) is 57.9 Å². The largest absolute Gasteiger partial charge is 0.497 e. The summed E-state index contributed by atoms with van der Waals surface area (Å²) in [5.74, 6) is 0.439. The van der Waals surface area contributed by atoms with Gasteiger partial charge in [0, 0.05) is 36.6 Å². The number of hydrogen-bond donors (Lipinski definition) is 1. The minimum atomic E-state index is -3.74. The highest BCUT2D eigenvalue weighted by molar-refractivity contribution is 7.89. The van der Waals surface area contributed by atoms with Crippen LogP contribution in [0.5, 0.6) is 11.5 Å². The molecule has 40 heavy (non-hydrogen) atoms. The summed E-state index contributed by atoms with van der Waals surface area (Å²) in [6, 6.07) is 18.9. The number of sulfonamides is 1. The van der Waals surface area contributed by atoms with Crippen LogP contribution in [-0.2, 0) is 21.2 Å². The van der Waals surface area contributed by atoms with Gasteiger partial charge in [-0.25, -0.2) is 8.42 Å². The molecule has 210 valence electrons. The van der Waals surface area contributed by atoms with Crippen LogP contribution in [0.25, 0.3) is 0 Å². The number of rotatable bonds is 8. The molecular formula is C30H33N3O6S. The number of piperidine rings is 1. The van der Waals surface area contributed by atoms with Crippen molar-refractivity contribution in [3.63, 3.8) is 0 Å². The van der Waals surface area contributed by atoms with E-state index in [1.54, 1.807) is 48.4 Å². The van der Waals surface area contributed by atoms with Crippen LogP contribution in [0.2, 0.25) is 0 Å². The van der Waals surface area contributed by atoms with E-state index in [-0.39, 0.29) is 23.3 Å². The Hall–Kier alpha value is -3.89. The summed E-state index contributed by atoms with van der Waals surface area (Å²) in [6.45, 7) is 3.38. The van der Waals surface area contributed by atoms with E-state index in [1.807, 2.05) is 25.1 Å². The number of benzene rings is 3. The Morgan fingerprint density at radius 1 is 0.975 bits per heavy atom. The highest BCUT2D eigenvalue weighted by atomic mass is 32.2. The molecule has 5 rings (SSSR count). The number of nitrogens with one attached hydrogen (secondary N) is 1. The number of ether oxygens (including phenoxy) is 2. The first-order valence-electron chi connectivity index (χ1n) is 13.4. The van der Waals surface area contributed by atoms with Gasteiger partial charge in [0.1, 0.15) is 11.5 Å². The number of nitrogens with zero attached hydrogens (tertiary/aromatic N) is 2. The monoisotopic (exact) mass is 563 g/mol. The SMILES string of the molecule is CCOc1ccc(S(=O)(=O)N2CCC[C@H](C(=O)Nc3ccc4c(c3)N(C(=O)c3ccc(OC)cc3)CC4)C2)cc1. The second kappa shape index (κ2) is 11.7. The normalized spacial score (nSPS) is 17.2. The fraction of sp³-hybridized carbons (Fsp3) is 0.333. The minimum Gasteiger partial charge on any atom is -0.497 e. The predicted octanol–water partition coefficient (Wildman–Crippen LogP) is 4.34. The van der Waals surface area contributed by atoms with Gasteiger partial charge in [0.2, 0.25) is 15.9 Å². The topological polar surface area (TPSA) is 105 Å². The van der Waals surface area contributed by atoms with Gasteiger partial charge in [-0.3, -0.25) is 9.59 Å². The third-order valence-electron chi connectivity index (χ3n) is 7.36. The van der Waals surface area contributed by atoms with Crippen LogP contribution in [0.15, 0.2) is 71.6 Å². The molecule has 0 aliphatic carbocycles. The summed E-state index contributed by atoms with van der Waals surface area (Å²) in [6.07, 6.45) is 1.91. The predicted molar refractivity (Wildman–Crippen MR) is 153 cm³/mol. The molecule has 10 heteroatoms. The van der Waals surface area contributed by atoms with E-state index in [4.69, 9.17) is 9.47 Å². The maximum atomic E-state index is 13.3. The van der Waals surface area contributed by atoms with Crippen molar-refractivity contribution in [1.29, 1.82) is 0 Å². The van der Waals surface area contributed by atoms with Gasteiger partial charge in [-0.1, -0.05) is 6.07 Å². The maximum Gasteiger partial charge on any atom is 0.258 e. The van der Waals surface area contributed by atoms with Crippen molar-refractivity contribution in [1.82, 2.24) is 4.31 Å². The van der Waals surface area contributed by atoms with Gasteiger partial charge in [-0.05, 0) is 92.4 Å². The van der Waals surface area contributed by atoms with Crippen LogP contribution in [0.3, 0.4) is 0 Å². The lowest BCUT2D eigenvalue weighted by Gasteiger charge is -2.31. The molecule has 0 saturated carbocycles. The number of methoxy groups -OCH3 is 1. The van der Waals surface area contributed by atoms with E-state index >= 15 is 0 Å². The smallest absolute Gasteiger partial charge is 0.258 e. The molecule has 1 saturated heterocycles. The van der Waals surface area contributed by atoms with Gasteiger partial charge in [-0.2, -0.15) is 4.31 Å². The number of anilines is 2. The second-order valence-electron chi connectivity index (χ2n) is 9.87. The van der Waals surface area contributed by atoms with E-state index in [0.29, 0.717) is 55.3 Å². The Balaban J connectivity index is 1.27. The lowest BCUT2D eigenvalue weighted by molar-refractivity contribution is -0.120. The summed E-state index contributed by atoms with van der Waals surface area (Å²) < 4.78 is 38.5. The molecule has 2 amide bonds. The zero-order valence-electron chi connectivity index (χ0n) is 22.6. The summed E-state index contributed by atoms with van der Waals surface area (Å²) in [7, 11) is -2.16. The number of amides is 2. The third kappa shape index (κ3) is 5.68. The van der Waals surface area contributed by atoms with Crippen molar-refractivity contribution >= 4 is 33.2 Å². The molecule has 1 fully saturated rings. The maximum absolute atomic E-state index is 13.3. The third-order valence-corrected chi connectivity index (χ3v) is 9.24. The van der Waals surface area contributed by atoms with Crippen molar-refractivity contribution in [2.24, 2.45) is 5.92 Å². The first-order valence-corrected chi connectivity index (χ1v) is 14.9. The van der Waals surface area contributed by atoms with E-state index in [1.165, 1.54) is 16.4 Å². The quantitative estimate of drug-likeness (QED) is 0.437. The van der Waals surface area contributed by atoms with Crippen LogP contribution < -0.4 is 19.7 Å². The molecule has 3 aromatic rings. The molecule has 0 spiro atoms. The van der Waals surface area contributed by atoms with Crippen LogP contribution in [0, 0.1) is 5.92 Å². The standard InChI is InChI=1S/C30H33N3O6S/c1-3-39-26-12-14-27(15-13-26)40(36,37)32-17-4-5-23(20-32)29(34)31-24-9-6-21-16-18-33(28(21)19-24)30(35)22-7-10-25(38-2)11-8-22/h6-15,19,23H,3-5,16-18,20H2,1-2H3,(H,31,34)/t23-/m0/s1. The molecule has 2 aliphatic rings. The van der Waals surface area contributed by atoms with E-state index in [0.717, 1.165) is 17.7 Å². The number of hydrogen-bond acceptors (Lipinski definition) is 6. The zero-order chi connectivity index (χ0) is 28.3. The van der Waals surface area contributed by atoms with Gasteiger partial charge >= 0.3 is 0 Å². The van der Waals surface area contributed by atoms with Crippen LogP contribution in [0.4, 0.5) is 11.4 Å². The van der Waals surface area contributed by atoms with Crippen molar-refractivity contribution in [3.8, 4) is 11.5 Å². The average molecular weight is 564 g/mol. The fourth-order valence-electron chi connectivity index (χ4n) is 5.20. The lowest BCUT2D eigenvalue weighted by Crippen LogP contribution is -2.43. The van der Waals surface area contributed by atoms with Gasteiger partial charge < -0.3 is 19.7 Å². The van der Waals surface area contributed by atoms with Crippen molar-refractivity contribution < 1.29 is 27.5 Å². The molecule has 2 aliphatic heterocycles. The summed E-state index contributed by atoms with van der Waals surface area (Å²) in [5.41, 5.74) is 2.93. The van der Waals surface area contributed by atoms with Gasteiger partial charge in [0.05, 0.1) is 24.5 Å². The van der Waals surface area contributed by atoms with Gasteiger partial charge in [0.15, 0.2) is 0 Å². The van der Waals surface area contributed by atoms with Gasteiger partial charge in [-0.15, -0.1) is 0 Å².